The molecule has 0 saturated heterocycles. The molecular formula is C16H15F2NO2. The van der Waals surface area contributed by atoms with Crippen LogP contribution in [0.5, 0.6) is 0 Å². The Labute approximate surface area is 121 Å². The number of rotatable bonds is 5. The first kappa shape index (κ1) is 15.0. The molecule has 0 heterocycles. The molecule has 0 amide bonds. The lowest BCUT2D eigenvalue weighted by molar-refractivity contribution is -0.142. The van der Waals surface area contributed by atoms with E-state index in [-0.39, 0.29) is 6.42 Å². The number of halogens is 2. The summed E-state index contributed by atoms with van der Waals surface area (Å²) in [6.07, 6.45) is 0.241. The lowest BCUT2D eigenvalue weighted by atomic mass is 9.87. The number of anilines is 1. The zero-order valence-corrected chi connectivity index (χ0v) is 11.4. The second-order valence-electron chi connectivity index (χ2n) is 4.70. The van der Waals surface area contributed by atoms with E-state index in [0.29, 0.717) is 11.3 Å². The fourth-order valence-corrected chi connectivity index (χ4v) is 2.21. The predicted molar refractivity (Wildman–Crippen MR) is 76.0 cm³/mol. The third kappa shape index (κ3) is 3.02. The van der Waals surface area contributed by atoms with Crippen LogP contribution in [0.4, 0.5) is 14.5 Å². The summed E-state index contributed by atoms with van der Waals surface area (Å²) in [6, 6.07) is 10.7. The SMILES string of the molecule is CCC(Nc1ccc(F)cc1)(C(=O)O)c1ccc(F)cc1. The van der Waals surface area contributed by atoms with Crippen LogP contribution in [0.2, 0.25) is 0 Å². The first-order valence-electron chi connectivity index (χ1n) is 6.51. The van der Waals surface area contributed by atoms with E-state index in [2.05, 4.69) is 5.32 Å². The molecule has 0 aliphatic rings. The summed E-state index contributed by atoms with van der Waals surface area (Å²) < 4.78 is 26.0. The highest BCUT2D eigenvalue weighted by Crippen LogP contribution is 2.30. The van der Waals surface area contributed by atoms with Gasteiger partial charge in [-0.1, -0.05) is 19.1 Å². The van der Waals surface area contributed by atoms with Crippen molar-refractivity contribution < 1.29 is 18.7 Å². The van der Waals surface area contributed by atoms with Crippen LogP contribution in [0.15, 0.2) is 48.5 Å². The molecule has 110 valence electrons. The van der Waals surface area contributed by atoms with Gasteiger partial charge in [-0.05, 0) is 48.4 Å². The Bertz CT molecular complexity index is 626. The second-order valence-corrected chi connectivity index (χ2v) is 4.70. The van der Waals surface area contributed by atoms with Crippen molar-refractivity contribution in [3.63, 3.8) is 0 Å². The van der Waals surface area contributed by atoms with Gasteiger partial charge in [0.25, 0.3) is 0 Å². The molecule has 0 aromatic heterocycles. The summed E-state index contributed by atoms with van der Waals surface area (Å²) in [4.78, 5) is 11.8. The first-order chi connectivity index (χ1) is 9.98. The van der Waals surface area contributed by atoms with E-state index in [4.69, 9.17) is 0 Å². The third-order valence-corrected chi connectivity index (χ3v) is 3.43. The molecule has 3 nitrogen and oxygen atoms in total. The van der Waals surface area contributed by atoms with Gasteiger partial charge in [-0.2, -0.15) is 0 Å². The Balaban J connectivity index is 2.44. The molecule has 2 aromatic rings. The quantitative estimate of drug-likeness (QED) is 0.881. The maximum atomic E-state index is 13.0. The van der Waals surface area contributed by atoms with Gasteiger partial charge in [-0.25, -0.2) is 13.6 Å². The van der Waals surface area contributed by atoms with Gasteiger partial charge < -0.3 is 10.4 Å². The fraction of sp³-hybridized carbons (Fsp3) is 0.188. The number of carboxylic acid groups (broad SMARTS) is 1. The molecule has 0 aliphatic carbocycles. The lowest BCUT2D eigenvalue weighted by Crippen LogP contribution is -2.43. The molecule has 0 spiro atoms. The molecule has 0 saturated carbocycles. The van der Waals surface area contributed by atoms with Gasteiger partial charge in [0.1, 0.15) is 11.6 Å². The van der Waals surface area contributed by atoms with E-state index in [1.165, 1.54) is 48.5 Å². The van der Waals surface area contributed by atoms with Crippen LogP contribution in [-0.4, -0.2) is 11.1 Å². The minimum atomic E-state index is -1.40. The molecule has 2 rings (SSSR count). The van der Waals surface area contributed by atoms with Crippen LogP contribution in [-0.2, 0) is 10.3 Å². The Morgan fingerprint density at radius 1 is 1.05 bits per heavy atom. The van der Waals surface area contributed by atoms with Crippen LogP contribution < -0.4 is 5.32 Å². The van der Waals surface area contributed by atoms with Gasteiger partial charge in [0, 0.05) is 5.69 Å². The zero-order valence-electron chi connectivity index (χ0n) is 11.4. The van der Waals surface area contributed by atoms with E-state index in [9.17, 15) is 18.7 Å². The smallest absolute Gasteiger partial charge is 0.334 e. The number of hydrogen-bond donors (Lipinski definition) is 2. The van der Waals surface area contributed by atoms with Crippen LogP contribution >= 0.6 is 0 Å². The molecule has 1 unspecified atom stereocenters. The van der Waals surface area contributed by atoms with Crippen LogP contribution in [0, 0.1) is 11.6 Å². The van der Waals surface area contributed by atoms with Crippen molar-refractivity contribution in [2.75, 3.05) is 5.32 Å². The molecule has 2 aromatic carbocycles. The van der Waals surface area contributed by atoms with Gasteiger partial charge in [0.15, 0.2) is 5.54 Å². The van der Waals surface area contributed by atoms with E-state index >= 15 is 0 Å². The van der Waals surface area contributed by atoms with Crippen molar-refractivity contribution in [1.29, 1.82) is 0 Å². The van der Waals surface area contributed by atoms with Crippen molar-refractivity contribution in [3.05, 3.63) is 65.7 Å². The van der Waals surface area contributed by atoms with Crippen molar-refractivity contribution in [3.8, 4) is 0 Å². The number of benzene rings is 2. The summed E-state index contributed by atoms with van der Waals surface area (Å²) in [7, 11) is 0. The van der Waals surface area contributed by atoms with Gasteiger partial charge in [-0.3, -0.25) is 0 Å². The Hall–Kier alpha value is -2.43. The monoisotopic (exact) mass is 291 g/mol. The Kier molecular flexibility index (Phi) is 4.21. The summed E-state index contributed by atoms with van der Waals surface area (Å²) in [5.41, 5.74) is -0.487. The van der Waals surface area contributed by atoms with E-state index in [0.717, 1.165) is 0 Å². The summed E-state index contributed by atoms with van der Waals surface area (Å²) in [5, 5.41) is 12.5. The van der Waals surface area contributed by atoms with Crippen molar-refractivity contribution in [1.82, 2.24) is 0 Å². The minimum Gasteiger partial charge on any atom is -0.479 e. The molecule has 5 heteroatoms. The predicted octanol–water partition coefficient (Wildman–Crippen LogP) is 3.77. The number of nitrogens with one attached hydrogen (secondary N) is 1. The van der Waals surface area contributed by atoms with E-state index in [1.54, 1.807) is 6.92 Å². The normalized spacial score (nSPS) is 13.5. The van der Waals surface area contributed by atoms with Crippen LogP contribution in [0.1, 0.15) is 18.9 Å². The summed E-state index contributed by atoms with van der Waals surface area (Å²) in [5.74, 6) is -1.92. The highest BCUT2D eigenvalue weighted by molar-refractivity contribution is 5.84. The number of hydrogen-bond acceptors (Lipinski definition) is 2. The molecular weight excluding hydrogens is 276 g/mol. The minimum absolute atomic E-state index is 0.241. The highest BCUT2D eigenvalue weighted by atomic mass is 19.1. The van der Waals surface area contributed by atoms with Crippen LogP contribution in [0.25, 0.3) is 0 Å². The average Bonchev–Trinajstić information content (AvgIpc) is 2.47. The summed E-state index contributed by atoms with van der Waals surface area (Å²) >= 11 is 0. The van der Waals surface area contributed by atoms with E-state index < -0.39 is 23.1 Å². The zero-order chi connectivity index (χ0) is 15.5. The molecule has 21 heavy (non-hydrogen) atoms. The number of carbonyl (C=O) groups is 1. The van der Waals surface area contributed by atoms with Crippen molar-refractivity contribution >= 4 is 11.7 Å². The van der Waals surface area contributed by atoms with Gasteiger partial charge >= 0.3 is 5.97 Å². The summed E-state index contributed by atoms with van der Waals surface area (Å²) in [6.45, 7) is 1.72. The maximum Gasteiger partial charge on any atom is 0.334 e. The molecule has 0 fully saturated rings. The Morgan fingerprint density at radius 3 is 1.95 bits per heavy atom. The first-order valence-corrected chi connectivity index (χ1v) is 6.51. The average molecular weight is 291 g/mol. The molecule has 0 aliphatic heterocycles. The highest BCUT2D eigenvalue weighted by Gasteiger charge is 2.38. The maximum absolute atomic E-state index is 13.0. The molecule has 2 N–H and O–H groups in total. The van der Waals surface area contributed by atoms with Gasteiger partial charge in [0.2, 0.25) is 0 Å². The van der Waals surface area contributed by atoms with Crippen molar-refractivity contribution in [2.45, 2.75) is 18.9 Å². The fourth-order valence-electron chi connectivity index (χ4n) is 2.21. The topological polar surface area (TPSA) is 49.3 Å². The standard InChI is InChI=1S/C16H15F2NO2/c1-2-16(15(20)21,11-3-5-12(17)6-4-11)19-14-9-7-13(18)8-10-14/h3-10,19H,2H2,1H3,(H,20,21). The van der Waals surface area contributed by atoms with Crippen LogP contribution in [0.3, 0.4) is 0 Å². The largest absolute Gasteiger partial charge is 0.479 e. The van der Waals surface area contributed by atoms with E-state index in [1.807, 2.05) is 0 Å². The second kappa shape index (κ2) is 5.91. The van der Waals surface area contributed by atoms with Crippen molar-refractivity contribution in [2.24, 2.45) is 0 Å². The molecule has 1 atom stereocenters. The Morgan fingerprint density at radius 2 is 1.52 bits per heavy atom. The number of carboxylic acids is 1. The number of aliphatic carboxylic acids is 1. The third-order valence-electron chi connectivity index (χ3n) is 3.43. The lowest BCUT2D eigenvalue weighted by Gasteiger charge is -2.31. The van der Waals surface area contributed by atoms with Gasteiger partial charge in [0.05, 0.1) is 0 Å². The molecule has 0 bridgehead atoms. The van der Waals surface area contributed by atoms with Gasteiger partial charge in [-0.15, -0.1) is 0 Å². The molecule has 0 radical (unpaired) electrons.